The van der Waals surface area contributed by atoms with Crippen molar-refractivity contribution in [1.82, 2.24) is 20.0 Å². The largest absolute Gasteiger partial charge is 0.480 e. The molecule has 1 aliphatic rings. The van der Waals surface area contributed by atoms with Crippen molar-refractivity contribution in [2.45, 2.75) is 44.8 Å². The van der Waals surface area contributed by atoms with E-state index < -0.39 is 5.97 Å². The highest BCUT2D eigenvalue weighted by Gasteiger charge is 2.34. The molecule has 0 atom stereocenters. The van der Waals surface area contributed by atoms with Gasteiger partial charge in [-0.2, -0.15) is 5.10 Å². The average molecular weight is 294 g/mol. The molecule has 0 radical (unpaired) electrons. The number of nitrogens with one attached hydrogen (secondary N) is 1. The highest BCUT2D eigenvalue weighted by Crippen LogP contribution is 2.25. The van der Waals surface area contributed by atoms with Gasteiger partial charge in [-0.15, -0.1) is 0 Å². The van der Waals surface area contributed by atoms with Gasteiger partial charge in [0.25, 0.3) is 0 Å². The van der Waals surface area contributed by atoms with E-state index in [0.29, 0.717) is 13.0 Å². The third-order valence-electron chi connectivity index (χ3n) is 3.87. The quantitative estimate of drug-likeness (QED) is 0.721. The molecule has 1 heterocycles. The lowest BCUT2D eigenvalue weighted by atomic mass is 9.85. The minimum atomic E-state index is -0.802. The first kappa shape index (κ1) is 15.5. The Morgan fingerprint density at radius 1 is 1.48 bits per heavy atom. The number of hydrogen-bond acceptors (Lipinski definition) is 4. The van der Waals surface area contributed by atoms with Crippen LogP contribution in [-0.2, 0) is 16.1 Å². The standard InChI is InChI=1S/C14H22N4O3/c1-2-17(10-14(20)21)12-8-11(9-12)16-13(19)4-7-18-6-3-5-15-18/h3,5-6,11-12H,2,4,7-10H2,1H3,(H,16,19)(H,20,21). The fourth-order valence-electron chi connectivity index (χ4n) is 2.63. The molecule has 116 valence electrons. The smallest absolute Gasteiger partial charge is 0.317 e. The van der Waals surface area contributed by atoms with E-state index in [9.17, 15) is 9.59 Å². The number of carbonyl (C=O) groups excluding carboxylic acids is 1. The molecule has 21 heavy (non-hydrogen) atoms. The molecule has 2 N–H and O–H groups in total. The predicted octanol–water partition coefficient (Wildman–Crippen LogP) is 0.327. The number of carboxylic acids is 1. The summed E-state index contributed by atoms with van der Waals surface area (Å²) in [6.07, 6.45) is 5.59. The van der Waals surface area contributed by atoms with Crippen LogP contribution in [0.3, 0.4) is 0 Å². The number of likely N-dealkylation sites (N-methyl/N-ethyl adjacent to an activating group) is 1. The van der Waals surface area contributed by atoms with E-state index in [1.165, 1.54) is 0 Å². The molecule has 0 unspecified atom stereocenters. The molecule has 0 aromatic carbocycles. The summed E-state index contributed by atoms with van der Waals surface area (Å²) in [6.45, 7) is 3.33. The van der Waals surface area contributed by atoms with Gasteiger partial charge in [-0.1, -0.05) is 6.92 Å². The lowest BCUT2D eigenvalue weighted by Crippen LogP contribution is -2.54. The first-order valence-electron chi connectivity index (χ1n) is 7.31. The summed E-state index contributed by atoms with van der Waals surface area (Å²) < 4.78 is 1.73. The summed E-state index contributed by atoms with van der Waals surface area (Å²) in [6, 6.07) is 2.27. The van der Waals surface area contributed by atoms with Crippen molar-refractivity contribution in [3.63, 3.8) is 0 Å². The Labute approximate surface area is 123 Å². The fraction of sp³-hybridized carbons (Fsp3) is 0.643. The van der Waals surface area contributed by atoms with Crippen LogP contribution in [0.15, 0.2) is 18.5 Å². The van der Waals surface area contributed by atoms with Gasteiger partial charge in [0.15, 0.2) is 0 Å². The third-order valence-corrected chi connectivity index (χ3v) is 3.87. The molecule has 7 nitrogen and oxygen atoms in total. The van der Waals surface area contributed by atoms with Gasteiger partial charge >= 0.3 is 5.97 Å². The van der Waals surface area contributed by atoms with Crippen LogP contribution in [0.1, 0.15) is 26.2 Å². The monoisotopic (exact) mass is 294 g/mol. The van der Waals surface area contributed by atoms with Crippen LogP contribution in [0.4, 0.5) is 0 Å². The van der Waals surface area contributed by atoms with Crippen molar-refractivity contribution < 1.29 is 14.7 Å². The lowest BCUT2D eigenvalue weighted by Gasteiger charge is -2.42. The second-order valence-corrected chi connectivity index (χ2v) is 5.37. The molecule has 1 saturated carbocycles. The molecule has 0 bridgehead atoms. The van der Waals surface area contributed by atoms with Crippen molar-refractivity contribution in [2.75, 3.05) is 13.1 Å². The number of aliphatic carboxylic acids is 1. The predicted molar refractivity (Wildman–Crippen MR) is 76.7 cm³/mol. The Kier molecular flexibility index (Phi) is 5.32. The zero-order valence-corrected chi connectivity index (χ0v) is 12.2. The number of carbonyl (C=O) groups is 2. The number of aryl methyl sites for hydroxylation is 1. The van der Waals surface area contributed by atoms with Crippen LogP contribution in [0.5, 0.6) is 0 Å². The number of carboxylic acid groups (broad SMARTS) is 1. The lowest BCUT2D eigenvalue weighted by molar-refractivity contribution is -0.139. The van der Waals surface area contributed by atoms with Crippen LogP contribution >= 0.6 is 0 Å². The highest BCUT2D eigenvalue weighted by atomic mass is 16.4. The second kappa shape index (κ2) is 7.21. The zero-order chi connectivity index (χ0) is 15.2. The summed E-state index contributed by atoms with van der Waals surface area (Å²) in [5.41, 5.74) is 0. The summed E-state index contributed by atoms with van der Waals surface area (Å²) >= 11 is 0. The van der Waals surface area contributed by atoms with Gasteiger partial charge in [0, 0.05) is 37.4 Å². The van der Waals surface area contributed by atoms with Gasteiger partial charge in [0.1, 0.15) is 0 Å². The number of amides is 1. The Bertz CT molecular complexity index is 469. The molecule has 0 spiro atoms. The van der Waals surface area contributed by atoms with Gasteiger partial charge in [-0.05, 0) is 25.5 Å². The maximum absolute atomic E-state index is 11.8. The van der Waals surface area contributed by atoms with Gasteiger partial charge in [-0.3, -0.25) is 19.2 Å². The summed E-state index contributed by atoms with van der Waals surface area (Å²) in [7, 11) is 0. The molecule has 7 heteroatoms. The Morgan fingerprint density at radius 2 is 2.24 bits per heavy atom. The summed E-state index contributed by atoms with van der Waals surface area (Å²) in [4.78, 5) is 24.5. The molecule has 1 aromatic rings. The van der Waals surface area contributed by atoms with Crippen LogP contribution in [-0.4, -0.2) is 56.8 Å². The third kappa shape index (κ3) is 4.56. The van der Waals surface area contributed by atoms with Gasteiger partial charge in [0.2, 0.25) is 5.91 Å². The van der Waals surface area contributed by atoms with Crippen LogP contribution < -0.4 is 5.32 Å². The van der Waals surface area contributed by atoms with E-state index in [2.05, 4.69) is 10.4 Å². The Morgan fingerprint density at radius 3 is 2.81 bits per heavy atom. The molecule has 0 aliphatic heterocycles. The SMILES string of the molecule is CCN(CC(=O)O)C1CC(NC(=O)CCn2cccn2)C1. The van der Waals surface area contributed by atoms with Crippen LogP contribution in [0.2, 0.25) is 0 Å². The number of hydrogen-bond donors (Lipinski definition) is 2. The van der Waals surface area contributed by atoms with Crippen molar-refractivity contribution in [3.05, 3.63) is 18.5 Å². The van der Waals surface area contributed by atoms with Crippen molar-refractivity contribution in [2.24, 2.45) is 0 Å². The normalized spacial score (nSPS) is 21.0. The molecular weight excluding hydrogens is 272 g/mol. The molecule has 0 saturated heterocycles. The first-order valence-corrected chi connectivity index (χ1v) is 7.31. The molecular formula is C14H22N4O3. The van der Waals surface area contributed by atoms with E-state index in [0.717, 1.165) is 19.4 Å². The molecule has 1 fully saturated rings. The van der Waals surface area contributed by atoms with Gasteiger partial charge < -0.3 is 10.4 Å². The molecule has 2 rings (SSSR count). The molecule has 1 amide bonds. The maximum atomic E-state index is 11.8. The van der Waals surface area contributed by atoms with Crippen LogP contribution in [0, 0.1) is 0 Å². The number of nitrogens with zero attached hydrogens (tertiary/aromatic N) is 3. The number of aromatic nitrogens is 2. The number of rotatable bonds is 8. The van der Waals surface area contributed by atoms with Crippen molar-refractivity contribution >= 4 is 11.9 Å². The van der Waals surface area contributed by atoms with Gasteiger partial charge in [0.05, 0.1) is 6.54 Å². The molecule has 1 aliphatic carbocycles. The average Bonchev–Trinajstić information content (AvgIpc) is 2.90. The topological polar surface area (TPSA) is 87.5 Å². The molecule has 1 aromatic heterocycles. The van der Waals surface area contributed by atoms with E-state index >= 15 is 0 Å². The fourth-order valence-corrected chi connectivity index (χ4v) is 2.63. The van der Waals surface area contributed by atoms with Gasteiger partial charge in [-0.25, -0.2) is 0 Å². The second-order valence-electron chi connectivity index (χ2n) is 5.37. The minimum Gasteiger partial charge on any atom is -0.480 e. The Hall–Kier alpha value is -1.89. The van der Waals surface area contributed by atoms with Crippen molar-refractivity contribution in [1.29, 1.82) is 0 Å². The highest BCUT2D eigenvalue weighted by molar-refractivity contribution is 5.76. The van der Waals surface area contributed by atoms with E-state index in [-0.39, 0.29) is 24.5 Å². The summed E-state index contributed by atoms with van der Waals surface area (Å²) in [5.74, 6) is -0.779. The van der Waals surface area contributed by atoms with Crippen LogP contribution in [0.25, 0.3) is 0 Å². The Balaban J connectivity index is 1.65. The first-order chi connectivity index (χ1) is 10.1. The zero-order valence-electron chi connectivity index (χ0n) is 12.2. The summed E-state index contributed by atoms with van der Waals surface area (Å²) in [5, 5.41) is 15.9. The maximum Gasteiger partial charge on any atom is 0.317 e. The minimum absolute atomic E-state index is 0.0234. The van der Waals surface area contributed by atoms with Crippen molar-refractivity contribution in [3.8, 4) is 0 Å². The van der Waals surface area contributed by atoms with E-state index in [1.807, 2.05) is 24.1 Å². The van der Waals surface area contributed by atoms with E-state index in [1.54, 1.807) is 10.9 Å². The van der Waals surface area contributed by atoms with E-state index in [4.69, 9.17) is 5.11 Å².